The van der Waals surface area contributed by atoms with Crippen LogP contribution in [-0.2, 0) is 0 Å². The van der Waals surface area contributed by atoms with Crippen LogP contribution in [0.2, 0.25) is 0 Å². The van der Waals surface area contributed by atoms with Gasteiger partial charge in [-0.1, -0.05) is 26.7 Å². The summed E-state index contributed by atoms with van der Waals surface area (Å²) in [5.74, 6) is 1.03. The maximum absolute atomic E-state index is 11.2. The van der Waals surface area contributed by atoms with Crippen molar-refractivity contribution in [3.05, 3.63) is 28.7 Å². The van der Waals surface area contributed by atoms with Crippen LogP contribution in [0, 0.1) is 11.8 Å². The van der Waals surface area contributed by atoms with Crippen LogP contribution in [0.1, 0.15) is 39.5 Å². The minimum Gasteiger partial charge on any atom is -0.408 e. The van der Waals surface area contributed by atoms with Crippen molar-refractivity contribution in [1.82, 2.24) is 4.98 Å². The molecular weight excluding hydrogens is 252 g/mol. The summed E-state index contributed by atoms with van der Waals surface area (Å²) in [5, 5.41) is 3.65. The zero-order valence-electron chi connectivity index (χ0n) is 12.1. The second-order valence-electron chi connectivity index (χ2n) is 6.17. The molecule has 108 valence electrons. The van der Waals surface area contributed by atoms with Gasteiger partial charge < -0.3 is 9.73 Å². The number of hydrogen-bond acceptors (Lipinski definition) is 3. The van der Waals surface area contributed by atoms with Gasteiger partial charge in [0.15, 0.2) is 5.58 Å². The smallest absolute Gasteiger partial charge is 0.408 e. The van der Waals surface area contributed by atoms with E-state index >= 15 is 0 Å². The molecule has 1 fully saturated rings. The predicted molar refractivity (Wildman–Crippen MR) is 81.0 cm³/mol. The second-order valence-corrected chi connectivity index (χ2v) is 6.17. The van der Waals surface area contributed by atoms with E-state index in [0.29, 0.717) is 17.5 Å². The highest BCUT2D eigenvalue weighted by Gasteiger charge is 2.27. The maximum atomic E-state index is 11.2. The van der Waals surface area contributed by atoms with Crippen LogP contribution in [0.5, 0.6) is 0 Å². The number of aromatic nitrogens is 1. The fraction of sp³-hybridized carbons (Fsp3) is 0.562. The van der Waals surface area contributed by atoms with Crippen molar-refractivity contribution in [3.63, 3.8) is 0 Å². The second kappa shape index (κ2) is 5.35. The van der Waals surface area contributed by atoms with Crippen molar-refractivity contribution >= 4 is 16.8 Å². The Morgan fingerprint density at radius 3 is 2.90 bits per heavy atom. The van der Waals surface area contributed by atoms with E-state index in [1.54, 1.807) is 0 Å². The molecule has 2 unspecified atom stereocenters. The zero-order chi connectivity index (χ0) is 14.1. The fourth-order valence-corrected chi connectivity index (χ4v) is 3.39. The molecule has 1 aliphatic carbocycles. The lowest BCUT2D eigenvalue weighted by atomic mass is 9.78. The summed E-state index contributed by atoms with van der Waals surface area (Å²) < 4.78 is 5.03. The molecule has 0 radical (unpaired) electrons. The van der Waals surface area contributed by atoms with E-state index in [4.69, 9.17) is 4.42 Å². The van der Waals surface area contributed by atoms with Crippen LogP contribution in [0.3, 0.4) is 0 Å². The van der Waals surface area contributed by atoms with E-state index in [9.17, 15) is 4.79 Å². The number of H-pyrrole nitrogens is 1. The Morgan fingerprint density at radius 2 is 2.10 bits per heavy atom. The zero-order valence-corrected chi connectivity index (χ0v) is 12.1. The lowest BCUT2D eigenvalue weighted by Crippen LogP contribution is -2.35. The van der Waals surface area contributed by atoms with Gasteiger partial charge >= 0.3 is 5.76 Å². The van der Waals surface area contributed by atoms with Gasteiger partial charge in [0.25, 0.3) is 0 Å². The van der Waals surface area contributed by atoms with E-state index in [2.05, 4.69) is 24.1 Å². The molecule has 1 aromatic carbocycles. The van der Waals surface area contributed by atoms with Crippen molar-refractivity contribution < 1.29 is 4.42 Å². The lowest BCUT2D eigenvalue weighted by Gasteiger charge is -2.35. The number of aromatic amines is 1. The molecule has 0 aliphatic heterocycles. The minimum absolute atomic E-state index is 0.394. The van der Waals surface area contributed by atoms with Gasteiger partial charge in [-0.05, 0) is 42.9 Å². The Hall–Kier alpha value is -1.71. The third-order valence-electron chi connectivity index (χ3n) is 4.45. The first kappa shape index (κ1) is 13.3. The normalized spacial score (nSPS) is 23.4. The van der Waals surface area contributed by atoms with Crippen molar-refractivity contribution in [3.8, 4) is 0 Å². The van der Waals surface area contributed by atoms with Gasteiger partial charge in [-0.15, -0.1) is 0 Å². The number of benzene rings is 1. The highest BCUT2D eigenvalue weighted by Crippen LogP contribution is 2.32. The number of fused-ring (bicyclic) bond motifs is 1. The first-order valence-electron chi connectivity index (χ1n) is 7.53. The number of oxazole rings is 1. The molecule has 0 amide bonds. The molecule has 0 bridgehead atoms. The third kappa shape index (κ3) is 2.60. The van der Waals surface area contributed by atoms with E-state index in [0.717, 1.165) is 17.1 Å². The molecule has 2 atom stereocenters. The molecule has 1 heterocycles. The number of nitrogens with one attached hydrogen (secondary N) is 2. The van der Waals surface area contributed by atoms with Crippen LogP contribution < -0.4 is 11.1 Å². The Kier molecular flexibility index (Phi) is 3.55. The topological polar surface area (TPSA) is 58.0 Å². The molecule has 3 rings (SSSR count). The summed E-state index contributed by atoms with van der Waals surface area (Å²) in [6.45, 7) is 4.61. The average Bonchev–Trinajstić information content (AvgIpc) is 2.78. The van der Waals surface area contributed by atoms with E-state index < -0.39 is 5.76 Å². The van der Waals surface area contributed by atoms with Gasteiger partial charge in [0, 0.05) is 11.7 Å². The van der Waals surface area contributed by atoms with E-state index in [-0.39, 0.29) is 0 Å². The van der Waals surface area contributed by atoms with Crippen molar-refractivity contribution in [2.24, 2.45) is 11.8 Å². The molecule has 20 heavy (non-hydrogen) atoms. The average molecular weight is 274 g/mol. The van der Waals surface area contributed by atoms with E-state index in [1.807, 2.05) is 18.2 Å². The Balaban J connectivity index is 1.82. The third-order valence-corrected chi connectivity index (χ3v) is 4.45. The van der Waals surface area contributed by atoms with Gasteiger partial charge in [-0.3, -0.25) is 4.98 Å². The summed E-state index contributed by atoms with van der Waals surface area (Å²) in [6.07, 6.45) is 5.17. The molecule has 2 aromatic rings. The summed E-state index contributed by atoms with van der Waals surface area (Å²) in [4.78, 5) is 13.9. The SMILES string of the molecule is CC(C)C1CCCCC1Nc1ccc2oc(=O)[nH]c2c1. The van der Waals surface area contributed by atoms with Gasteiger partial charge in [0.2, 0.25) is 0 Å². The maximum Gasteiger partial charge on any atom is 0.417 e. The molecule has 1 saturated carbocycles. The van der Waals surface area contributed by atoms with Crippen LogP contribution in [0.15, 0.2) is 27.4 Å². The summed E-state index contributed by atoms with van der Waals surface area (Å²) in [5.41, 5.74) is 2.44. The molecule has 1 aliphatic rings. The summed E-state index contributed by atoms with van der Waals surface area (Å²) in [6, 6.07) is 6.33. The fourth-order valence-electron chi connectivity index (χ4n) is 3.39. The minimum atomic E-state index is -0.394. The highest BCUT2D eigenvalue weighted by molar-refractivity contribution is 5.76. The van der Waals surface area contributed by atoms with Crippen LogP contribution in [0.25, 0.3) is 11.1 Å². The van der Waals surface area contributed by atoms with Crippen molar-refractivity contribution in [1.29, 1.82) is 0 Å². The summed E-state index contributed by atoms with van der Waals surface area (Å²) >= 11 is 0. The molecule has 0 spiro atoms. The van der Waals surface area contributed by atoms with Gasteiger partial charge in [-0.25, -0.2) is 4.79 Å². The molecule has 0 saturated heterocycles. The molecule has 2 N–H and O–H groups in total. The van der Waals surface area contributed by atoms with Crippen LogP contribution in [-0.4, -0.2) is 11.0 Å². The first-order valence-corrected chi connectivity index (χ1v) is 7.53. The molecule has 4 heteroatoms. The monoisotopic (exact) mass is 274 g/mol. The number of hydrogen-bond donors (Lipinski definition) is 2. The number of rotatable bonds is 3. The first-order chi connectivity index (χ1) is 9.63. The van der Waals surface area contributed by atoms with Gasteiger partial charge in [0.05, 0.1) is 5.52 Å². The summed E-state index contributed by atoms with van der Waals surface area (Å²) in [7, 11) is 0. The Labute approximate surface area is 118 Å². The van der Waals surface area contributed by atoms with Crippen molar-refractivity contribution in [2.45, 2.75) is 45.6 Å². The lowest BCUT2D eigenvalue weighted by molar-refractivity contribution is 0.254. The largest absolute Gasteiger partial charge is 0.417 e. The number of anilines is 1. The molecular formula is C16H22N2O2. The Bertz CT molecular complexity index is 641. The van der Waals surface area contributed by atoms with Crippen LogP contribution in [0.4, 0.5) is 5.69 Å². The molecule has 4 nitrogen and oxygen atoms in total. The van der Waals surface area contributed by atoms with Crippen molar-refractivity contribution in [2.75, 3.05) is 5.32 Å². The van der Waals surface area contributed by atoms with E-state index in [1.165, 1.54) is 25.7 Å². The standard InChI is InChI=1S/C16H22N2O2/c1-10(2)12-5-3-4-6-13(12)17-11-7-8-15-14(9-11)18-16(19)20-15/h7-10,12-13,17H,3-6H2,1-2H3,(H,18,19). The highest BCUT2D eigenvalue weighted by atomic mass is 16.4. The molecule has 1 aromatic heterocycles. The Morgan fingerprint density at radius 1 is 1.30 bits per heavy atom. The van der Waals surface area contributed by atoms with Gasteiger partial charge in [0.1, 0.15) is 0 Å². The van der Waals surface area contributed by atoms with Gasteiger partial charge in [-0.2, -0.15) is 0 Å². The quantitative estimate of drug-likeness (QED) is 0.896. The van der Waals surface area contributed by atoms with Crippen LogP contribution >= 0.6 is 0 Å². The predicted octanol–water partition coefficient (Wildman–Crippen LogP) is 3.75.